The molecule has 8 heteroatoms. The highest BCUT2D eigenvalue weighted by atomic mass is 19.4. The van der Waals surface area contributed by atoms with E-state index in [1.807, 2.05) is 47.4 Å². The Kier molecular flexibility index (Phi) is 7.13. The number of hydrogen-bond donors (Lipinski definition) is 0. The molecule has 5 rings (SSSR count). The van der Waals surface area contributed by atoms with E-state index in [-0.39, 0.29) is 12.5 Å². The fraction of sp³-hybridized carbons (Fsp3) is 0.233. The van der Waals surface area contributed by atoms with Crippen LogP contribution in [0.3, 0.4) is 0 Å². The molecule has 1 amide bonds. The molecule has 0 radical (unpaired) electrons. The lowest BCUT2D eigenvalue weighted by Crippen LogP contribution is -2.48. The highest BCUT2D eigenvalue weighted by Gasteiger charge is 2.31. The van der Waals surface area contributed by atoms with Gasteiger partial charge in [0.2, 0.25) is 0 Å². The van der Waals surface area contributed by atoms with E-state index < -0.39 is 11.7 Å². The van der Waals surface area contributed by atoms with Gasteiger partial charge in [-0.15, -0.1) is 0 Å². The zero-order valence-electron chi connectivity index (χ0n) is 20.9. The first-order valence-electron chi connectivity index (χ1n) is 12.3. The SMILES string of the molecule is COc1ccc(C(=O)N2CCN(c3cccc(C(F)(F)F)c3)CC2)cc1COc1cccc2ccccc12. The van der Waals surface area contributed by atoms with E-state index in [2.05, 4.69) is 0 Å². The van der Waals surface area contributed by atoms with Crippen molar-refractivity contribution in [1.29, 1.82) is 0 Å². The standard InChI is InChI=1S/C30H27F3N2O3/c1-37-27-13-12-22(18-23(27)20-38-28-11-4-7-21-6-2-3-10-26(21)28)29(36)35-16-14-34(15-17-35)25-9-5-8-24(19-25)30(31,32)33/h2-13,18-19H,14-17,20H2,1H3. The number of ether oxygens (including phenoxy) is 2. The van der Waals surface area contributed by atoms with Gasteiger partial charge in [0.15, 0.2) is 0 Å². The van der Waals surface area contributed by atoms with Gasteiger partial charge in [-0.25, -0.2) is 0 Å². The van der Waals surface area contributed by atoms with Crippen molar-refractivity contribution in [2.45, 2.75) is 12.8 Å². The monoisotopic (exact) mass is 520 g/mol. The first-order chi connectivity index (χ1) is 18.3. The van der Waals surface area contributed by atoms with Crippen LogP contribution in [0.25, 0.3) is 10.8 Å². The molecule has 0 aliphatic carbocycles. The first-order valence-corrected chi connectivity index (χ1v) is 12.3. The summed E-state index contributed by atoms with van der Waals surface area (Å²) in [5, 5.41) is 2.07. The van der Waals surface area contributed by atoms with E-state index >= 15 is 0 Å². The molecule has 0 N–H and O–H groups in total. The van der Waals surface area contributed by atoms with Gasteiger partial charge >= 0.3 is 6.18 Å². The lowest BCUT2D eigenvalue weighted by molar-refractivity contribution is -0.137. The van der Waals surface area contributed by atoms with Crippen molar-refractivity contribution in [3.63, 3.8) is 0 Å². The van der Waals surface area contributed by atoms with Gasteiger partial charge in [-0.2, -0.15) is 13.2 Å². The zero-order valence-corrected chi connectivity index (χ0v) is 20.9. The molecule has 0 saturated carbocycles. The Labute approximate surface area is 219 Å². The molecule has 0 atom stereocenters. The Morgan fingerprint density at radius 2 is 1.58 bits per heavy atom. The second kappa shape index (κ2) is 10.7. The number of methoxy groups -OCH3 is 1. The lowest BCUT2D eigenvalue weighted by atomic mass is 10.1. The summed E-state index contributed by atoms with van der Waals surface area (Å²) in [7, 11) is 1.57. The predicted octanol–water partition coefficient (Wildman–Crippen LogP) is 6.41. The van der Waals surface area contributed by atoms with Gasteiger partial charge in [0, 0.05) is 48.4 Å². The summed E-state index contributed by atoms with van der Waals surface area (Å²) >= 11 is 0. The summed E-state index contributed by atoms with van der Waals surface area (Å²) in [4.78, 5) is 16.9. The van der Waals surface area contributed by atoms with E-state index in [9.17, 15) is 18.0 Å². The summed E-state index contributed by atoms with van der Waals surface area (Å²) < 4.78 is 51.0. The number of rotatable bonds is 6. The minimum Gasteiger partial charge on any atom is -0.496 e. The number of carbonyl (C=O) groups is 1. The lowest BCUT2D eigenvalue weighted by Gasteiger charge is -2.36. The second-order valence-electron chi connectivity index (χ2n) is 9.12. The smallest absolute Gasteiger partial charge is 0.416 e. The van der Waals surface area contributed by atoms with Crippen LogP contribution in [0.5, 0.6) is 11.5 Å². The minimum atomic E-state index is -4.39. The number of piperazine rings is 1. The maximum Gasteiger partial charge on any atom is 0.416 e. The largest absolute Gasteiger partial charge is 0.496 e. The third-order valence-corrected chi connectivity index (χ3v) is 6.77. The molecule has 1 saturated heterocycles. The predicted molar refractivity (Wildman–Crippen MR) is 141 cm³/mol. The fourth-order valence-corrected chi connectivity index (χ4v) is 4.73. The Bertz CT molecular complexity index is 1440. The van der Waals surface area contributed by atoms with Crippen molar-refractivity contribution in [2.75, 3.05) is 38.2 Å². The quantitative estimate of drug-likeness (QED) is 0.295. The van der Waals surface area contributed by atoms with E-state index in [1.54, 1.807) is 36.3 Å². The maximum atomic E-state index is 13.3. The molecular formula is C30H27F3N2O3. The van der Waals surface area contributed by atoms with Gasteiger partial charge in [0.25, 0.3) is 5.91 Å². The molecule has 0 spiro atoms. The van der Waals surface area contributed by atoms with Crippen molar-refractivity contribution < 1.29 is 27.4 Å². The number of halogens is 3. The van der Waals surface area contributed by atoms with Crippen molar-refractivity contribution in [1.82, 2.24) is 4.90 Å². The first kappa shape index (κ1) is 25.4. The summed E-state index contributed by atoms with van der Waals surface area (Å²) in [5.41, 5.74) is 1.08. The zero-order chi connectivity index (χ0) is 26.7. The number of fused-ring (bicyclic) bond motifs is 1. The highest BCUT2D eigenvalue weighted by molar-refractivity contribution is 5.95. The van der Waals surface area contributed by atoms with Gasteiger partial charge < -0.3 is 19.3 Å². The van der Waals surface area contributed by atoms with Gasteiger partial charge in [-0.3, -0.25) is 4.79 Å². The number of amides is 1. The highest BCUT2D eigenvalue weighted by Crippen LogP contribution is 2.32. The number of anilines is 1. The number of carbonyl (C=O) groups excluding carboxylic acids is 1. The van der Waals surface area contributed by atoms with E-state index in [0.717, 1.165) is 34.2 Å². The Hall–Kier alpha value is -4.20. The van der Waals surface area contributed by atoms with Crippen molar-refractivity contribution in [3.05, 3.63) is 102 Å². The molecule has 0 unspecified atom stereocenters. The van der Waals surface area contributed by atoms with E-state index in [4.69, 9.17) is 9.47 Å². The molecule has 5 nitrogen and oxygen atoms in total. The molecule has 4 aromatic carbocycles. The Morgan fingerprint density at radius 3 is 2.34 bits per heavy atom. The van der Waals surface area contributed by atoms with Gasteiger partial charge in [0.1, 0.15) is 18.1 Å². The van der Waals surface area contributed by atoms with Crippen LogP contribution in [-0.2, 0) is 12.8 Å². The molecule has 1 aliphatic rings. The normalized spacial score (nSPS) is 14.0. The number of nitrogens with zero attached hydrogens (tertiary/aromatic N) is 2. The molecular weight excluding hydrogens is 493 g/mol. The maximum absolute atomic E-state index is 13.3. The molecule has 4 aromatic rings. The number of alkyl halides is 3. The third kappa shape index (κ3) is 5.39. The molecule has 1 heterocycles. The molecule has 1 aliphatic heterocycles. The molecule has 1 fully saturated rings. The second-order valence-corrected chi connectivity index (χ2v) is 9.12. The minimum absolute atomic E-state index is 0.136. The van der Waals surface area contributed by atoms with E-state index in [0.29, 0.717) is 43.2 Å². The topological polar surface area (TPSA) is 42.0 Å². The number of hydrogen-bond acceptors (Lipinski definition) is 4. The van der Waals surface area contributed by atoms with Gasteiger partial charge in [-0.05, 0) is 47.9 Å². The number of benzene rings is 4. The van der Waals surface area contributed by atoms with E-state index in [1.165, 1.54) is 6.07 Å². The van der Waals surface area contributed by atoms with Crippen LogP contribution >= 0.6 is 0 Å². The van der Waals surface area contributed by atoms with Crippen LogP contribution in [0.2, 0.25) is 0 Å². The van der Waals surface area contributed by atoms with Crippen molar-refractivity contribution >= 4 is 22.4 Å². The average Bonchev–Trinajstić information content (AvgIpc) is 2.95. The molecule has 0 aromatic heterocycles. The fourth-order valence-electron chi connectivity index (χ4n) is 4.73. The van der Waals surface area contributed by atoms with Crippen molar-refractivity contribution in [2.24, 2.45) is 0 Å². The third-order valence-electron chi connectivity index (χ3n) is 6.77. The van der Waals surface area contributed by atoms with Crippen LogP contribution in [0.15, 0.2) is 84.9 Å². The summed E-state index contributed by atoms with van der Waals surface area (Å²) in [6.07, 6.45) is -4.39. The molecule has 38 heavy (non-hydrogen) atoms. The van der Waals surface area contributed by atoms with Gasteiger partial charge in [-0.1, -0.05) is 42.5 Å². The van der Waals surface area contributed by atoms with Crippen LogP contribution in [0.4, 0.5) is 18.9 Å². The van der Waals surface area contributed by atoms with Gasteiger partial charge in [0.05, 0.1) is 12.7 Å². The molecule has 0 bridgehead atoms. The molecule has 196 valence electrons. The van der Waals surface area contributed by atoms with Crippen LogP contribution in [0, 0.1) is 0 Å². The summed E-state index contributed by atoms with van der Waals surface area (Å²) in [6, 6.07) is 24.4. The van der Waals surface area contributed by atoms with Crippen LogP contribution in [-0.4, -0.2) is 44.1 Å². The summed E-state index contributed by atoms with van der Waals surface area (Å²) in [5.74, 6) is 1.23. The Balaban J connectivity index is 1.27. The van der Waals surface area contributed by atoms with Crippen molar-refractivity contribution in [3.8, 4) is 11.5 Å². The van der Waals surface area contributed by atoms with Crippen LogP contribution in [0.1, 0.15) is 21.5 Å². The average molecular weight is 521 g/mol. The Morgan fingerprint density at radius 1 is 0.842 bits per heavy atom. The van der Waals surface area contributed by atoms with Crippen LogP contribution < -0.4 is 14.4 Å². The summed E-state index contributed by atoms with van der Waals surface area (Å²) in [6.45, 7) is 1.92.